The van der Waals surface area contributed by atoms with Crippen molar-refractivity contribution in [3.05, 3.63) is 29.3 Å². The molecule has 2 aliphatic rings. The highest BCUT2D eigenvalue weighted by Gasteiger charge is 2.31. The van der Waals surface area contributed by atoms with E-state index in [1.807, 2.05) is 12.1 Å². The number of nitrogens with one attached hydrogen (secondary N) is 1. The van der Waals surface area contributed by atoms with E-state index in [0.717, 1.165) is 13.0 Å². The molecule has 1 aliphatic carbocycles. The van der Waals surface area contributed by atoms with Gasteiger partial charge in [0, 0.05) is 6.04 Å². The van der Waals surface area contributed by atoms with E-state index in [1.54, 1.807) is 0 Å². The molecule has 1 aromatic carbocycles. The van der Waals surface area contributed by atoms with Crippen LogP contribution in [0, 0.1) is 0 Å². The quantitative estimate of drug-likeness (QED) is 0.677. The monoisotopic (exact) mass is 203 g/mol. The van der Waals surface area contributed by atoms with Crippen molar-refractivity contribution in [2.75, 3.05) is 6.54 Å². The molecule has 3 rings (SSSR count). The number of aromatic hydroxyl groups is 1. The van der Waals surface area contributed by atoms with Crippen LogP contribution in [0.2, 0.25) is 0 Å². The van der Waals surface area contributed by atoms with Crippen molar-refractivity contribution < 1.29 is 5.11 Å². The minimum atomic E-state index is 0.417. The van der Waals surface area contributed by atoms with Crippen molar-refractivity contribution in [3.8, 4) is 5.75 Å². The maximum absolute atomic E-state index is 9.56. The van der Waals surface area contributed by atoms with Gasteiger partial charge in [-0.15, -0.1) is 0 Å². The highest BCUT2D eigenvalue weighted by Crippen LogP contribution is 2.38. The SMILES string of the molecule is Oc1ccc2c(c1)[C@@H]1CCCN[C@H]1CC2. The van der Waals surface area contributed by atoms with E-state index in [4.69, 9.17) is 0 Å². The van der Waals surface area contributed by atoms with Gasteiger partial charge in [-0.05, 0) is 61.4 Å². The number of hydrogen-bond acceptors (Lipinski definition) is 2. The van der Waals surface area contributed by atoms with E-state index in [0.29, 0.717) is 17.7 Å². The average Bonchev–Trinajstić information content (AvgIpc) is 2.29. The van der Waals surface area contributed by atoms with Crippen molar-refractivity contribution in [2.45, 2.75) is 37.6 Å². The van der Waals surface area contributed by atoms with Gasteiger partial charge in [-0.3, -0.25) is 0 Å². The number of fused-ring (bicyclic) bond motifs is 3. The molecule has 1 heterocycles. The number of piperidine rings is 1. The summed E-state index contributed by atoms with van der Waals surface area (Å²) in [5.41, 5.74) is 2.83. The van der Waals surface area contributed by atoms with Gasteiger partial charge in [0.25, 0.3) is 0 Å². The molecule has 15 heavy (non-hydrogen) atoms. The Balaban J connectivity index is 2.01. The fourth-order valence-corrected chi connectivity index (χ4v) is 3.09. The Morgan fingerprint density at radius 2 is 2.20 bits per heavy atom. The van der Waals surface area contributed by atoms with E-state index in [1.165, 1.54) is 30.4 Å². The third-order valence-electron chi connectivity index (χ3n) is 3.84. The van der Waals surface area contributed by atoms with Gasteiger partial charge in [0.05, 0.1) is 0 Å². The number of benzene rings is 1. The molecule has 0 amide bonds. The molecule has 0 saturated carbocycles. The molecule has 2 N–H and O–H groups in total. The molecule has 1 fully saturated rings. The van der Waals surface area contributed by atoms with Crippen molar-refractivity contribution in [1.29, 1.82) is 0 Å². The second kappa shape index (κ2) is 3.53. The lowest BCUT2D eigenvalue weighted by Gasteiger charge is -2.38. The molecule has 1 aliphatic heterocycles. The van der Waals surface area contributed by atoms with E-state index in [9.17, 15) is 5.11 Å². The van der Waals surface area contributed by atoms with Crippen molar-refractivity contribution in [1.82, 2.24) is 5.32 Å². The molecular formula is C13H17NO. The molecule has 2 heteroatoms. The van der Waals surface area contributed by atoms with Crippen LogP contribution < -0.4 is 5.32 Å². The maximum Gasteiger partial charge on any atom is 0.115 e. The van der Waals surface area contributed by atoms with Crippen LogP contribution in [-0.2, 0) is 6.42 Å². The fraction of sp³-hybridized carbons (Fsp3) is 0.538. The van der Waals surface area contributed by atoms with Crippen molar-refractivity contribution in [3.63, 3.8) is 0 Å². The smallest absolute Gasteiger partial charge is 0.115 e. The first kappa shape index (κ1) is 9.22. The van der Waals surface area contributed by atoms with Gasteiger partial charge in [-0.2, -0.15) is 0 Å². The van der Waals surface area contributed by atoms with Crippen LogP contribution in [-0.4, -0.2) is 17.7 Å². The number of rotatable bonds is 0. The summed E-state index contributed by atoms with van der Waals surface area (Å²) in [5.74, 6) is 1.05. The number of phenolic OH excluding ortho intramolecular Hbond substituents is 1. The van der Waals surface area contributed by atoms with Crippen LogP contribution in [0.15, 0.2) is 18.2 Å². The molecule has 1 aromatic rings. The zero-order chi connectivity index (χ0) is 10.3. The van der Waals surface area contributed by atoms with Gasteiger partial charge < -0.3 is 10.4 Å². The Morgan fingerprint density at radius 3 is 3.13 bits per heavy atom. The first-order valence-corrected chi connectivity index (χ1v) is 5.90. The standard InChI is InChI=1S/C13H17NO/c15-10-5-3-9-4-6-13-11(12(9)8-10)2-1-7-14-13/h3,5,8,11,13-15H,1-2,4,6-7H2/t11-,13-/m0/s1. The van der Waals surface area contributed by atoms with Gasteiger partial charge in [-0.1, -0.05) is 6.07 Å². The Hall–Kier alpha value is -1.02. The highest BCUT2D eigenvalue weighted by atomic mass is 16.3. The second-order valence-corrected chi connectivity index (χ2v) is 4.73. The van der Waals surface area contributed by atoms with E-state index < -0.39 is 0 Å². The molecule has 2 atom stereocenters. The predicted molar refractivity (Wildman–Crippen MR) is 60.2 cm³/mol. The van der Waals surface area contributed by atoms with E-state index in [-0.39, 0.29) is 0 Å². The first-order valence-electron chi connectivity index (χ1n) is 5.90. The maximum atomic E-state index is 9.56. The molecule has 0 aromatic heterocycles. The third kappa shape index (κ3) is 1.53. The minimum Gasteiger partial charge on any atom is -0.508 e. The summed E-state index contributed by atoms with van der Waals surface area (Å²) in [6.45, 7) is 1.16. The molecule has 0 bridgehead atoms. The Bertz CT molecular complexity index is 375. The number of aryl methyl sites for hydroxylation is 1. The summed E-state index contributed by atoms with van der Waals surface area (Å²) in [6, 6.07) is 6.53. The number of hydrogen-bond donors (Lipinski definition) is 2. The van der Waals surface area contributed by atoms with Gasteiger partial charge >= 0.3 is 0 Å². The Labute approximate surface area is 90.3 Å². The molecule has 2 nitrogen and oxygen atoms in total. The van der Waals surface area contributed by atoms with Crippen LogP contribution >= 0.6 is 0 Å². The lowest BCUT2D eigenvalue weighted by atomic mass is 9.75. The van der Waals surface area contributed by atoms with Crippen LogP contribution in [0.1, 0.15) is 36.3 Å². The Morgan fingerprint density at radius 1 is 1.27 bits per heavy atom. The molecule has 0 unspecified atom stereocenters. The van der Waals surface area contributed by atoms with Crippen LogP contribution in [0.5, 0.6) is 5.75 Å². The lowest BCUT2D eigenvalue weighted by molar-refractivity contribution is 0.318. The van der Waals surface area contributed by atoms with Crippen LogP contribution in [0.4, 0.5) is 0 Å². The number of phenols is 1. The van der Waals surface area contributed by atoms with Crippen LogP contribution in [0.3, 0.4) is 0 Å². The second-order valence-electron chi connectivity index (χ2n) is 4.73. The van der Waals surface area contributed by atoms with Gasteiger partial charge in [0.2, 0.25) is 0 Å². The van der Waals surface area contributed by atoms with E-state index in [2.05, 4.69) is 11.4 Å². The summed E-state index contributed by atoms with van der Waals surface area (Å²) in [6.07, 6.45) is 4.94. The first-order chi connectivity index (χ1) is 7.34. The Kier molecular flexibility index (Phi) is 2.17. The van der Waals surface area contributed by atoms with Gasteiger partial charge in [0.15, 0.2) is 0 Å². The normalized spacial score (nSPS) is 29.3. The minimum absolute atomic E-state index is 0.417. The third-order valence-corrected chi connectivity index (χ3v) is 3.84. The summed E-state index contributed by atoms with van der Waals surface area (Å²) >= 11 is 0. The van der Waals surface area contributed by atoms with Gasteiger partial charge in [-0.25, -0.2) is 0 Å². The molecule has 0 spiro atoms. The summed E-state index contributed by atoms with van der Waals surface area (Å²) in [4.78, 5) is 0. The average molecular weight is 203 g/mol. The van der Waals surface area contributed by atoms with Gasteiger partial charge in [0.1, 0.15) is 5.75 Å². The molecule has 80 valence electrons. The summed E-state index contributed by atoms with van der Waals surface area (Å²) in [5, 5.41) is 13.2. The summed E-state index contributed by atoms with van der Waals surface area (Å²) in [7, 11) is 0. The zero-order valence-electron chi connectivity index (χ0n) is 8.87. The zero-order valence-corrected chi connectivity index (χ0v) is 8.87. The predicted octanol–water partition coefficient (Wildman–Crippen LogP) is 2.17. The summed E-state index contributed by atoms with van der Waals surface area (Å²) < 4.78 is 0. The topological polar surface area (TPSA) is 32.3 Å². The molecular weight excluding hydrogens is 186 g/mol. The largest absolute Gasteiger partial charge is 0.508 e. The fourth-order valence-electron chi connectivity index (χ4n) is 3.09. The van der Waals surface area contributed by atoms with Crippen molar-refractivity contribution >= 4 is 0 Å². The highest BCUT2D eigenvalue weighted by molar-refractivity contribution is 5.40. The lowest BCUT2D eigenvalue weighted by Crippen LogP contribution is -2.42. The van der Waals surface area contributed by atoms with Crippen LogP contribution in [0.25, 0.3) is 0 Å². The van der Waals surface area contributed by atoms with Crippen molar-refractivity contribution in [2.24, 2.45) is 0 Å². The molecule has 1 saturated heterocycles. The van der Waals surface area contributed by atoms with E-state index >= 15 is 0 Å². The molecule has 0 radical (unpaired) electrons.